The van der Waals surface area contributed by atoms with E-state index in [2.05, 4.69) is 5.32 Å². The number of imide groups is 1. The maximum absolute atomic E-state index is 13.3. The Bertz CT molecular complexity index is 1190. The molecule has 3 aromatic rings. The molecule has 0 aliphatic carbocycles. The van der Waals surface area contributed by atoms with Crippen molar-refractivity contribution < 1.29 is 9.59 Å². The van der Waals surface area contributed by atoms with Crippen LogP contribution in [0.4, 0.5) is 5.69 Å². The molecule has 1 aliphatic rings. The van der Waals surface area contributed by atoms with E-state index in [0.29, 0.717) is 17.8 Å². The summed E-state index contributed by atoms with van der Waals surface area (Å²) in [7, 11) is 0. The fraction of sp³-hybridized carbons (Fsp3) is 0.231. The minimum absolute atomic E-state index is 0.191. The summed E-state index contributed by atoms with van der Waals surface area (Å²) in [5, 5.41) is 5.40. The molecule has 1 aliphatic heterocycles. The van der Waals surface area contributed by atoms with Crippen molar-refractivity contribution in [1.82, 2.24) is 4.90 Å². The van der Waals surface area contributed by atoms with Gasteiger partial charge >= 0.3 is 0 Å². The number of hydrogen-bond donors (Lipinski definition) is 1. The zero-order chi connectivity index (χ0) is 21.4. The first kappa shape index (κ1) is 19.9. The van der Waals surface area contributed by atoms with Crippen LogP contribution in [0.1, 0.15) is 30.5 Å². The third-order valence-electron chi connectivity index (χ3n) is 5.56. The molecular weight excluding hydrogens is 372 g/mol. The Balaban J connectivity index is 1.86. The Morgan fingerprint density at radius 3 is 2.33 bits per heavy atom. The van der Waals surface area contributed by atoms with Gasteiger partial charge < -0.3 is 5.32 Å². The molecule has 4 nitrogen and oxygen atoms in total. The van der Waals surface area contributed by atoms with Crippen molar-refractivity contribution in [3.8, 4) is 0 Å². The van der Waals surface area contributed by atoms with Gasteiger partial charge in [-0.05, 0) is 47.9 Å². The maximum atomic E-state index is 13.3. The van der Waals surface area contributed by atoms with Crippen LogP contribution in [0.3, 0.4) is 0 Å². The standard InChI is InChI=1S/C26H26N2O2/c1-16(2)15-28-25(29)23(20-13-12-17(3)18(4)14-20)24(26(28)30)27-22-11-7-9-19-8-5-6-10-21(19)22/h5-14,16,27H,15H2,1-4H3. The van der Waals surface area contributed by atoms with E-state index in [1.807, 2.05) is 88.4 Å². The van der Waals surface area contributed by atoms with Crippen LogP contribution in [-0.2, 0) is 9.59 Å². The van der Waals surface area contributed by atoms with E-state index in [-0.39, 0.29) is 17.7 Å². The lowest BCUT2D eigenvalue weighted by atomic mass is 9.99. The molecule has 1 heterocycles. The van der Waals surface area contributed by atoms with Gasteiger partial charge in [-0.1, -0.05) is 68.4 Å². The zero-order valence-electron chi connectivity index (χ0n) is 17.8. The largest absolute Gasteiger partial charge is 0.350 e. The monoisotopic (exact) mass is 398 g/mol. The van der Waals surface area contributed by atoms with Crippen LogP contribution >= 0.6 is 0 Å². The molecule has 3 aromatic carbocycles. The zero-order valence-corrected chi connectivity index (χ0v) is 17.8. The molecule has 1 N–H and O–H groups in total. The predicted molar refractivity (Wildman–Crippen MR) is 122 cm³/mol. The van der Waals surface area contributed by atoms with Crippen molar-refractivity contribution in [2.24, 2.45) is 5.92 Å². The number of carbonyl (C=O) groups is 2. The molecule has 0 saturated carbocycles. The summed E-state index contributed by atoms with van der Waals surface area (Å²) in [4.78, 5) is 28.0. The Morgan fingerprint density at radius 2 is 1.60 bits per heavy atom. The highest BCUT2D eigenvalue weighted by Crippen LogP contribution is 2.33. The van der Waals surface area contributed by atoms with Gasteiger partial charge in [0.2, 0.25) is 0 Å². The molecule has 0 aromatic heterocycles. The first-order valence-electron chi connectivity index (χ1n) is 10.3. The number of carbonyl (C=O) groups excluding carboxylic acids is 2. The van der Waals surface area contributed by atoms with Gasteiger partial charge in [0.05, 0.1) is 5.57 Å². The van der Waals surface area contributed by atoms with E-state index < -0.39 is 0 Å². The second-order valence-corrected chi connectivity index (χ2v) is 8.32. The molecule has 0 radical (unpaired) electrons. The van der Waals surface area contributed by atoms with E-state index in [1.54, 1.807) is 0 Å². The third-order valence-corrected chi connectivity index (χ3v) is 5.56. The SMILES string of the molecule is Cc1ccc(C2=C(Nc3cccc4ccccc34)C(=O)N(CC(C)C)C2=O)cc1C. The average Bonchev–Trinajstić information content (AvgIpc) is 2.94. The topological polar surface area (TPSA) is 49.4 Å². The van der Waals surface area contributed by atoms with Gasteiger partial charge in [-0.15, -0.1) is 0 Å². The van der Waals surface area contributed by atoms with Crippen LogP contribution in [-0.4, -0.2) is 23.3 Å². The fourth-order valence-corrected chi connectivity index (χ4v) is 3.86. The molecule has 0 saturated heterocycles. The average molecular weight is 399 g/mol. The summed E-state index contributed by atoms with van der Waals surface area (Å²) in [5.74, 6) is -0.314. The maximum Gasteiger partial charge on any atom is 0.278 e. The molecule has 4 heteroatoms. The summed E-state index contributed by atoms with van der Waals surface area (Å²) >= 11 is 0. The molecule has 0 spiro atoms. The number of hydrogen-bond acceptors (Lipinski definition) is 3. The minimum Gasteiger partial charge on any atom is -0.350 e. The van der Waals surface area contributed by atoms with E-state index in [1.165, 1.54) is 4.90 Å². The van der Waals surface area contributed by atoms with Gasteiger partial charge in [-0.2, -0.15) is 0 Å². The molecule has 30 heavy (non-hydrogen) atoms. The van der Waals surface area contributed by atoms with Gasteiger partial charge in [0.25, 0.3) is 11.8 Å². The highest BCUT2D eigenvalue weighted by molar-refractivity contribution is 6.36. The molecular formula is C26H26N2O2. The Kier molecular flexibility index (Phi) is 5.17. The summed E-state index contributed by atoms with van der Waals surface area (Å²) < 4.78 is 0. The molecule has 0 bridgehead atoms. The van der Waals surface area contributed by atoms with Crippen LogP contribution in [0.2, 0.25) is 0 Å². The Labute approximate surface area is 177 Å². The van der Waals surface area contributed by atoms with E-state index in [9.17, 15) is 9.59 Å². The van der Waals surface area contributed by atoms with Crippen LogP contribution in [0.5, 0.6) is 0 Å². The van der Waals surface area contributed by atoms with Gasteiger partial charge in [-0.25, -0.2) is 0 Å². The number of benzene rings is 3. The second-order valence-electron chi connectivity index (χ2n) is 8.32. The number of nitrogens with one attached hydrogen (secondary N) is 1. The van der Waals surface area contributed by atoms with Crippen molar-refractivity contribution >= 4 is 33.8 Å². The Morgan fingerprint density at radius 1 is 0.867 bits per heavy atom. The van der Waals surface area contributed by atoms with Crippen LogP contribution < -0.4 is 5.32 Å². The van der Waals surface area contributed by atoms with Crippen LogP contribution in [0, 0.1) is 19.8 Å². The number of rotatable bonds is 5. The first-order valence-corrected chi connectivity index (χ1v) is 10.3. The molecule has 2 amide bonds. The van der Waals surface area contributed by atoms with Crippen LogP contribution in [0.25, 0.3) is 16.3 Å². The van der Waals surface area contributed by atoms with Crippen molar-refractivity contribution in [2.45, 2.75) is 27.7 Å². The highest BCUT2D eigenvalue weighted by atomic mass is 16.2. The Hall–Kier alpha value is -3.40. The lowest BCUT2D eigenvalue weighted by molar-refractivity contribution is -0.137. The van der Waals surface area contributed by atoms with Crippen LogP contribution in [0.15, 0.2) is 66.4 Å². The summed E-state index contributed by atoms with van der Waals surface area (Å²) in [5.41, 5.74) is 4.62. The summed E-state index contributed by atoms with van der Waals surface area (Å²) in [6, 6.07) is 19.8. The van der Waals surface area contributed by atoms with Crippen molar-refractivity contribution in [3.05, 3.63) is 83.1 Å². The summed E-state index contributed by atoms with van der Waals surface area (Å²) in [6.45, 7) is 8.46. The van der Waals surface area contributed by atoms with Crippen molar-refractivity contribution in [3.63, 3.8) is 0 Å². The van der Waals surface area contributed by atoms with Gasteiger partial charge in [0.1, 0.15) is 5.70 Å². The first-order chi connectivity index (χ1) is 14.4. The fourth-order valence-electron chi connectivity index (χ4n) is 3.86. The predicted octanol–water partition coefficient (Wildman–Crippen LogP) is 5.30. The van der Waals surface area contributed by atoms with E-state index in [0.717, 1.165) is 33.2 Å². The van der Waals surface area contributed by atoms with E-state index in [4.69, 9.17) is 0 Å². The van der Waals surface area contributed by atoms with Gasteiger partial charge in [0, 0.05) is 17.6 Å². The summed E-state index contributed by atoms with van der Waals surface area (Å²) in [6.07, 6.45) is 0. The third kappa shape index (κ3) is 3.50. The molecule has 0 unspecified atom stereocenters. The minimum atomic E-state index is -0.269. The second kappa shape index (κ2) is 7.79. The smallest absolute Gasteiger partial charge is 0.278 e. The van der Waals surface area contributed by atoms with Gasteiger partial charge in [-0.3, -0.25) is 14.5 Å². The van der Waals surface area contributed by atoms with E-state index >= 15 is 0 Å². The lowest BCUT2D eigenvalue weighted by Gasteiger charge is -2.17. The lowest BCUT2D eigenvalue weighted by Crippen LogP contribution is -2.35. The van der Waals surface area contributed by atoms with Gasteiger partial charge in [0.15, 0.2) is 0 Å². The molecule has 0 atom stereocenters. The molecule has 152 valence electrons. The number of anilines is 1. The number of fused-ring (bicyclic) bond motifs is 1. The van der Waals surface area contributed by atoms with Crippen molar-refractivity contribution in [1.29, 1.82) is 0 Å². The number of nitrogens with zero attached hydrogens (tertiary/aromatic N) is 1. The normalized spacial score (nSPS) is 14.4. The number of aryl methyl sites for hydroxylation is 2. The number of amides is 2. The highest BCUT2D eigenvalue weighted by Gasteiger charge is 2.39. The quantitative estimate of drug-likeness (QED) is 0.593. The van der Waals surface area contributed by atoms with Crippen molar-refractivity contribution in [2.75, 3.05) is 11.9 Å². The molecule has 0 fully saturated rings. The molecule has 4 rings (SSSR count).